The minimum Gasteiger partial charge on any atom is -0.454 e. The lowest BCUT2D eigenvalue weighted by molar-refractivity contribution is -0.0451. The van der Waals surface area contributed by atoms with E-state index in [1.54, 1.807) is 0 Å². The van der Waals surface area contributed by atoms with Gasteiger partial charge < -0.3 is 9.64 Å². The van der Waals surface area contributed by atoms with E-state index in [-0.39, 0.29) is 21.7 Å². The molecule has 1 spiro atoms. The Balaban J connectivity index is 1.11. The zero-order valence-corrected chi connectivity index (χ0v) is 35.7. The van der Waals surface area contributed by atoms with Crippen molar-refractivity contribution < 1.29 is 4.74 Å². The molecule has 13 rings (SSSR count). The summed E-state index contributed by atoms with van der Waals surface area (Å²) in [5.74, 6) is 5.08. The van der Waals surface area contributed by atoms with E-state index in [4.69, 9.17) is 4.74 Å². The van der Waals surface area contributed by atoms with Crippen molar-refractivity contribution in [3.8, 4) is 33.8 Å². The molecular weight excluding hydrogens is 715 g/mol. The van der Waals surface area contributed by atoms with Crippen LogP contribution in [-0.4, -0.2) is 0 Å². The quantitative estimate of drug-likeness (QED) is 0.177. The van der Waals surface area contributed by atoms with E-state index in [1.807, 2.05) is 0 Å². The van der Waals surface area contributed by atoms with E-state index in [2.05, 4.69) is 174 Å². The maximum absolute atomic E-state index is 7.55. The fourth-order valence-electron chi connectivity index (χ4n) is 13.9. The van der Waals surface area contributed by atoms with Crippen LogP contribution in [0.15, 0.2) is 127 Å². The van der Waals surface area contributed by atoms with Crippen LogP contribution >= 0.6 is 0 Å². The molecule has 296 valence electrons. The average Bonchev–Trinajstić information content (AvgIpc) is 3.46. The van der Waals surface area contributed by atoms with Gasteiger partial charge in [-0.15, -0.1) is 0 Å². The van der Waals surface area contributed by atoms with Gasteiger partial charge in [-0.2, -0.15) is 0 Å². The number of para-hydroxylation sites is 1. The summed E-state index contributed by atoms with van der Waals surface area (Å²) in [7, 11) is 0. The Morgan fingerprint density at radius 3 is 1.83 bits per heavy atom. The lowest BCUT2D eigenvalue weighted by Crippen LogP contribution is -2.57. The van der Waals surface area contributed by atoms with E-state index in [9.17, 15) is 0 Å². The van der Waals surface area contributed by atoms with Gasteiger partial charge in [-0.1, -0.05) is 133 Å². The Morgan fingerprint density at radius 2 is 1.08 bits per heavy atom. The molecule has 0 atom stereocenters. The molecule has 0 N–H and O–H groups in total. The van der Waals surface area contributed by atoms with Crippen molar-refractivity contribution in [3.63, 3.8) is 0 Å². The van der Waals surface area contributed by atoms with Crippen molar-refractivity contribution in [2.45, 2.75) is 108 Å². The Bertz CT molecular complexity index is 2670. The molecule has 7 aliphatic rings. The molecule has 0 amide bonds. The van der Waals surface area contributed by atoms with Gasteiger partial charge in [0.25, 0.3) is 0 Å². The van der Waals surface area contributed by atoms with Crippen molar-refractivity contribution in [1.29, 1.82) is 0 Å². The Hall–Kier alpha value is -5.08. The normalized spacial score (nSPS) is 26.6. The van der Waals surface area contributed by atoms with Gasteiger partial charge in [0.2, 0.25) is 0 Å². The van der Waals surface area contributed by atoms with E-state index < -0.39 is 0 Å². The predicted molar refractivity (Wildman–Crippen MR) is 244 cm³/mol. The maximum atomic E-state index is 7.55. The number of nitrogens with zero attached hydrogens (tertiary/aromatic N) is 1. The Labute approximate surface area is 351 Å². The molecule has 2 heteroatoms. The summed E-state index contributed by atoms with van der Waals surface area (Å²) in [5.41, 5.74) is 17.4. The smallest absolute Gasteiger partial charge is 0.155 e. The monoisotopic (exact) mass is 771 g/mol. The van der Waals surface area contributed by atoms with Gasteiger partial charge in [0.15, 0.2) is 5.75 Å². The molecule has 1 heterocycles. The molecule has 6 aliphatic carbocycles. The van der Waals surface area contributed by atoms with Crippen molar-refractivity contribution >= 4 is 17.1 Å². The molecule has 6 aromatic rings. The first-order chi connectivity index (χ1) is 28.4. The first-order valence-corrected chi connectivity index (χ1v) is 22.6. The van der Waals surface area contributed by atoms with Crippen LogP contribution in [0.1, 0.15) is 120 Å². The van der Waals surface area contributed by atoms with Crippen LogP contribution in [0.3, 0.4) is 0 Å². The topological polar surface area (TPSA) is 12.5 Å². The second kappa shape index (κ2) is 12.2. The Morgan fingerprint density at radius 1 is 0.475 bits per heavy atom. The summed E-state index contributed by atoms with van der Waals surface area (Å²) in [5, 5.41) is 0. The molecule has 0 saturated heterocycles. The molecule has 0 aromatic heterocycles. The van der Waals surface area contributed by atoms with Crippen LogP contribution in [-0.2, 0) is 21.7 Å². The molecule has 0 radical (unpaired) electrons. The average molecular weight is 772 g/mol. The second-order valence-electron chi connectivity index (χ2n) is 21.2. The molecule has 59 heavy (non-hydrogen) atoms. The number of fused-ring (bicyclic) bond motifs is 6. The molecular formula is C57H57NO. The minimum atomic E-state index is -0.112. The van der Waals surface area contributed by atoms with Crippen LogP contribution in [0, 0.1) is 23.7 Å². The molecule has 2 nitrogen and oxygen atoms in total. The van der Waals surface area contributed by atoms with Gasteiger partial charge in [-0.3, -0.25) is 0 Å². The van der Waals surface area contributed by atoms with Crippen molar-refractivity contribution in [2.75, 3.05) is 4.90 Å². The molecule has 4 bridgehead atoms. The Kier molecular flexibility index (Phi) is 7.44. The highest BCUT2D eigenvalue weighted by atomic mass is 16.5. The fraction of sp³-hybridized carbons (Fsp3) is 0.368. The predicted octanol–water partition coefficient (Wildman–Crippen LogP) is 15.3. The maximum Gasteiger partial charge on any atom is 0.155 e. The first kappa shape index (κ1) is 35.8. The minimum absolute atomic E-state index is 0.0589. The summed E-state index contributed by atoms with van der Waals surface area (Å²) in [6.07, 6.45) is 9.14. The first-order valence-electron chi connectivity index (χ1n) is 22.6. The molecule has 4 fully saturated rings. The van der Waals surface area contributed by atoms with Gasteiger partial charge in [-0.05, 0) is 160 Å². The second-order valence-corrected chi connectivity index (χ2v) is 21.2. The fourth-order valence-corrected chi connectivity index (χ4v) is 13.9. The van der Waals surface area contributed by atoms with E-state index in [0.29, 0.717) is 11.8 Å². The third-order valence-electron chi connectivity index (χ3n) is 16.8. The number of anilines is 3. The van der Waals surface area contributed by atoms with Gasteiger partial charge in [0, 0.05) is 33.3 Å². The van der Waals surface area contributed by atoms with Crippen LogP contribution in [0.5, 0.6) is 11.5 Å². The number of rotatable bonds is 4. The largest absolute Gasteiger partial charge is 0.454 e. The number of hydrogen-bond donors (Lipinski definition) is 0. The summed E-state index contributed by atoms with van der Waals surface area (Å²) in [6, 6.07) is 49.0. The molecule has 0 unspecified atom stereocenters. The summed E-state index contributed by atoms with van der Waals surface area (Å²) < 4.78 is 7.55. The SMILES string of the molecule is CC1(C)CCC(C)(C)c2cc(N(c3ccc4c(c3)C(C)(C)c3ccccc3-4)c3cccc4c3Oc3cc(-c5ccccc5)ccc3C43C4CC5CC(C4)CC3C5)ccc21. The van der Waals surface area contributed by atoms with E-state index in [1.165, 1.54) is 112 Å². The van der Waals surface area contributed by atoms with Gasteiger partial charge >= 0.3 is 0 Å². The zero-order chi connectivity index (χ0) is 40.1. The third-order valence-corrected chi connectivity index (χ3v) is 16.8. The summed E-state index contributed by atoms with van der Waals surface area (Å²) in [6.45, 7) is 14.6. The summed E-state index contributed by atoms with van der Waals surface area (Å²) >= 11 is 0. The number of benzene rings is 6. The zero-order valence-electron chi connectivity index (χ0n) is 35.7. The molecule has 4 saturated carbocycles. The van der Waals surface area contributed by atoms with Crippen molar-refractivity contribution in [3.05, 3.63) is 161 Å². The van der Waals surface area contributed by atoms with Crippen LogP contribution in [0.25, 0.3) is 22.3 Å². The van der Waals surface area contributed by atoms with Crippen LogP contribution < -0.4 is 9.64 Å². The number of hydrogen-bond acceptors (Lipinski definition) is 2. The molecule has 6 aromatic carbocycles. The molecule has 1 aliphatic heterocycles. The summed E-state index contributed by atoms with van der Waals surface area (Å²) in [4.78, 5) is 2.58. The van der Waals surface area contributed by atoms with Gasteiger partial charge in [0.05, 0.1) is 5.69 Å². The number of ether oxygens (including phenoxy) is 1. The van der Waals surface area contributed by atoms with Gasteiger partial charge in [-0.25, -0.2) is 0 Å². The lowest BCUT2D eigenvalue weighted by Gasteiger charge is -2.63. The van der Waals surface area contributed by atoms with Crippen molar-refractivity contribution in [2.24, 2.45) is 23.7 Å². The van der Waals surface area contributed by atoms with Crippen molar-refractivity contribution in [1.82, 2.24) is 0 Å². The lowest BCUT2D eigenvalue weighted by atomic mass is 9.41. The third kappa shape index (κ3) is 4.98. The van der Waals surface area contributed by atoms with Crippen LogP contribution in [0.2, 0.25) is 0 Å². The van der Waals surface area contributed by atoms with E-state index in [0.717, 1.165) is 29.0 Å². The highest BCUT2D eigenvalue weighted by Crippen LogP contribution is 2.70. The standard InChI is InChI=1S/C57H57NO/c1-54(2)25-26-55(3,4)50-34-42(21-24-46(50)54)58(41-20-22-44-43-15-10-11-16-45(43)56(5,6)49(44)33-41)51-18-12-17-48-53(51)59-52-32-38(37-13-8-7-9-14-37)19-23-47(52)57(48)39-28-35-27-36(30-39)31-40(57)29-35/h7-24,32-36,39-40H,25-31H2,1-6H3. The van der Waals surface area contributed by atoms with E-state index >= 15 is 0 Å². The highest BCUT2D eigenvalue weighted by molar-refractivity contribution is 5.88. The highest BCUT2D eigenvalue weighted by Gasteiger charge is 2.61. The van der Waals surface area contributed by atoms with Crippen LogP contribution in [0.4, 0.5) is 17.1 Å². The van der Waals surface area contributed by atoms with Gasteiger partial charge in [0.1, 0.15) is 5.75 Å².